The van der Waals surface area contributed by atoms with Crippen molar-refractivity contribution in [3.05, 3.63) is 23.8 Å². The van der Waals surface area contributed by atoms with E-state index in [0.29, 0.717) is 23.2 Å². The van der Waals surface area contributed by atoms with Crippen molar-refractivity contribution in [3.63, 3.8) is 0 Å². The van der Waals surface area contributed by atoms with Gasteiger partial charge in [0, 0.05) is 12.1 Å². The first-order chi connectivity index (χ1) is 11.0. The number of thiocarbonyl (C=S) groups is 1. The summed E-state index contributed by atoms with van der Waals surface area (Å²) >= 11 is 5.47. The summed E-state index contributed by atoms with van der Waals surface area (Å²) in [5.74, 6) is 0.391. The number of esters is 1. The molecule has 2 aliphatic rings. The average Bonchev–Trinajstić information content (AvgIpc) is 2.53. The Balaban J connectivity index is 2.21. The summed E-state index contributed by atoms with van der Waals surface area (Å²) in [6.07, 6.45) is 0. The number of fused-ring (bicyclic) bond motifs is 4. The highest BCUT2D eigenvalue weighted by Crippen LogP contribution is 2.51. The highest BCUT2D eigenvalue weighted by atomic mass is 32.1. The number of carbonyl (C=O) groups excluding carboxylic acids is 1. The fourth-order valence-electron chi connectivity index (χ4n) is 3.54. The number of ether oxygens (including phenoxy) is 3. The van der Waals surface area contributed by atoms with E-state index in [9.17, 15) is 4.79 Å². The van der Waals surface area contributed by atoms with Crippen LogP contribution in [0.4, 0.5) is 0 Å². The normalized spacial score (nSPS) is 28.3. The first-order valence-electron chi connectivity index (χ1n) is 7.49. The van der Waals surface area contributed by atoms with E-state index in [2.05, 4.69) is 5.32 Å². The average molecular weight is 336 g/mol. The van der Waals surface area contributed by atoms with Crippen molar-refractivity contribution < 1.29 is 19.0 Å². The number of methoxy groups -OCH3 is 2. The van der Waals surface area contributed by atoms with Gasteiger partial charge < -0.3 is 24.4 Å². The lowest BCUT2D eigenvalue weighted by molar-refractivity contribution is -0.172. The Morgan fingerprint density at radius 1 is 1.48 bits per heavy atom. The van der Waals surface area contributed by atoms with Crippen molar-refractivity contribution in [1.29, 1.82) is 0 Å². The van der Waals surface area contributed by atoms with Crippen LogP contribution in [0.1, 0.15) is 25.5 Å². The summed E-state index contributed by atoms with van der Waals surface area (Å²) < 4.78 is 16.7. The minimum Gasteiger partial charge on any atom is -0.493 e. The smallest absolute Gasteiger partial charge is 0.317 e. The Morgan fingerprint density at radius 3 is 2.83 bits per heavy atom. The van der Waals surface area contributed by atoms with Gasteiger partial charge in [0.25, 0.3) is 0 Å². The molecule has 0 saturated carbocycles. The standard InChI is InChI=1S/C16H20N2O4S/c1-5-18-15(23)17-12-9-7-6-8-10(20-3)13(9)22-16(18,2)11(12)14(19)21-4/h6-8,11-12H,5H2,1-4H3,(H,17,23). The second kappa shape index (κ2) is 5.56. The molecule has 1 fully saturated rings. The third-order valence-electron chi connectivity index (χ3n) is 4.61. The first-order valence-corrected chi connectivity index (χ1v) is 7.90. The van der Waals surface area contributed by atoms with Crippen LogP contribution in [0.3, 0.4) is 0 Å². The molecule has 124 valence electrons. The maximum atomic E-state index is 12.5. The van der Waals surface area contributed by atoms with Gasteiger partial charge in [-0.05, 0) is 32.1 Å². The van der Waals surface area contributed by atoms with Crippen molar-refractivity contribution in [1.82, 2.24) is 10.2 Å². The maximum Gasteiger partial charge on any atom is 0.317 e. The lowest BCUT2D eigenvalue weighted by Gasteiger charge is -2.55. The number of rotatable bonds is 3. The molecule has 1 saturated heterocycles. The zero-order valence-corrected chi connectivity index (χ0v) is 14.4. The van der Waals surface area contributed by atoms with Gasteiger partial charge in [0.1, 0.15) is 5.92 Å². The summed E-state index contributed by atoms with van der Waals surface area (Å²) in [6, 6.07) is 5.30. The molecule has 23 heavy (non-hydrogen) atoms. The van der Waals surface area contributed by atoms with E-state index in [0.717, 1.165) is 5.56 Å². The first kappa shape index (κ1) is 15.9. The van der Waals surface area contributed by atoms with Gasteiger partial charge in [-0.15, -0.1) is 0 Å². The molecule has 0 amide bonds. The molecule has 0 aliphatic carbocycles. The van der Waals surface area contributed by atoms with Gasteiger partial charge in [0.2, 0.25) is 0 Å². The van der Waals surface area contributed by atoms with Gasteiger partial charge in [0.15, 0.2) is 22.3 Å². The molecule has 3 unspecified atom stereocenters. The minimum absolute atomic E-state index is 0.318. The number of benzene rings is 1. The van der Waals surface area contributed by atoms with E-state index in [1.165, 1.54) is 7.11 Å². The van der Waals surface area contributed by atoms with Crippen LogP contribution in [-0.4, -0.2) is 42.5 Å². The monoisotopic (exact) mass is 336 g/mol. The predicted octanol–water partition coefficient (Wildman–Crippen LogP) is 1.84. The lowest BCUT2D eigenvalue weighted by atomic mass is 9.79. The predicted molar refractivity (Wildman–Crippen MR) is 88.4 cm³/mol. The molecule has 6 nitrogen and oxygen atoms in total. The fourth-order valence-corrected chi connectivity index (χ4v) is 3.98. The van der Waals surface area contributed by atoms with Gasteiger partial charge in [-0.1, -0.05) is 12.1 Å². The number of nitrogens with one attached hydrogen (secondary N) is 1. The van der Waals surface area contributed by atoms with Crippen molar-refractivity contribution in [2.45, 2.75) is 25.6 Å². The molecule has 0 aromatic heterocycles. The van der Waals surface area contributed by atoms with Gasteiger partial charge in [-0.2, -0.15) is 0 Å². The van der Waals surface area contributed by atoms with Crippen LogP contribution in [-0.2, 0) is 9.53 Å². The maximum absolute atomic E-state index is 12.5. The van der Waals surface area contributed by atoms with Gasteiger partial charge in [-0.3, -0.25) is 4.79 Å². The molecule has 7 heteroatoms. The van der Waals surface area contributed by atoms with Crippen LogP contribution in [0.2, 0.25) is 0 Å². The van der Waals surface area contributed by atoms with Crippen LogP contribution < -0.4 is 14.8 Å². The van der Waals surface area contributed by atoms with Crippen LogP contribution in [0, 0.1) is 5.92 Å². The molecule has 1 aromatic carbocycles. The van der Waals surface area contributed by atoms with Crippen LogP contribution in [0.5, 0.6) is 11.5 Å². The quantitative estimate of drug-likeness (QED) is 0.667. The molecule has 1 N–H and O–H groups in total. The minimum atomic E-state index is -0.934. The number of para-hydroxylation sites is 1. The summed E-state index contributed by atoms with van der Waals surface area (Å²) in [7, 11) is 2.98. The molecule has 2 heterocycles. The van der Waals surface area contributed by atoms with Crippen LogP contribution >= 0.6 is 12.2 Å². The van der Waals surface area contributed by atoms with Gasteiger partial charge in [-0.25, -0.2) is 0 Å². The Morgan fingerprint density at radius 2 is 2.22 bits per heavy atom. The van der Waals surface area contributed by atoms with E-state index in [1.54, 1.807) is 7.11 Å². The van der Waals surface area contributed by atoms with E-state index >= 15 is 0 Å². The second-order valence-corrected chi connectivity index (χ2v) is 6.09. The summed E-state index contributed by atoms with van der Waals surface area (Å²) in [5, 5.41) is 3.83. The van der Waals surface area contributed by atoms with E-state index in [4.69, 9.17) is 26.4 Å². The Hall–Kier alpha value is -2.02. The molecule has 2 aliphatic heterocycles. The van der Waals surface area contributed by atoms with Crippen molar-refractivity contribution >= 4 is 23.3 Å². The van der Waals surface area contributed by atoms with Gasteiger partial charge >= 0.3 is 5.97 Å². The summed E-state index contributed by atoms with van der Waals surface area (Å²) in [6.45, 7) is 4.44. The molecule has 0 spiro atoms. The van der Waals surface area contributed by atoms with Crippen molar-refractivity contribution in [3.8, 4) is 11.5 Å². The topological polar surface area (TPSA) is 60.0 Å². The fraction of sp³-hybridized carbons (Fsp3) is 0.500. The van der Waals surface area contributed by atoms with Crippen molar-refractivity contribution in [2.75, 3.05) is 20.8 Å². The Labute approximate surface area is 140 Å². The number of hydrogen-bond donors (Lipinski definition) is 1. The third kappa shape index (κ3) is 2.14. The number of nitrogens with zero attached hydrogens (tertiary/aromatic N) is 1. The molecule has 0 radical (unpaired) electrons. The molecule has 1 aromatic rings. The zero-order chi connectivity index (χ0) is 16.8. The third-order valence-corrected chi connectivity index (χ3v) is 4.95. The zero-order valence-electron chi connectivity index (χ0n) is 13.6. The summed E-state index contributed by atoms with van der Waals surface area (Å²) in [4.78, 5) is 14.3. The van der Waals surface area contributed by atoms with E-state index < -0.39 is 11.6 Å². The second-order valence-electron chi connectivity index (χ2n) is 5.71. The largest absolute Gasteiger partial charge is 0.493 e. The highest BCUT2D eigenvalue weighted by Gasteiger charge is 2.59. The molecular weight excluding hydrogens is 316 g/mol. The summed E-state index contributed by atoms with van der Waals surface area (Å²) in [5.41, 5.74) is -0.0912. The highest BCUT2D eigenvalue weighted by molar-refractivity contribution is 7.80. The number of hydrogen-bond acceptors (Lipinski definition) is 5. The Kier molecular flexibility index (Phi) is 3.83. The van der Waals surface area contributed by atoms with Crippen molar-refractivity contribution in [2.24, 2.45) is 5.92 Å². The molecule has 3 atom stereocenters. The lowest BCUT2D eigenvalue weighted by Crippen LogP contribution is -2.71. The SMILES string of the molecule is CCN1C(=S)NC2c3cccc(OC)c3OC1(C)C2C(=O)OC. The van der Waals surface area contributed by atoms with E-state index in [-0.39, 0.29) is 12.0 Å². The molecule has 2 bridgehead atoms. The molecule has 3 rings (SSSR count). The van der Waals surface area contributed by atoms with Crippen LogP contribution in [0.25, 0.3) is 0 Å². The van der Waals surface area contributed by atoms with Crippen LogP contribution in [0.15, 0.2) is 18.2 Å². The van der Waals surface area contributed by atoms with Gasteiger partial charge in [0.05, 0.1) is 20.3 Å². The molecular formula is C16H20N2O4S. The number of carbonyl (C=O) groups is 1. The van der Waals surface area contributed by atoms with E-state index in [1.807, 2.05) is 36.9 Å². The Bertz CT molecular complexity index is 665.